The normalized spacial score (nSPS) is 19.7. The van der Waals surface area contributed by atoms with Gasteiger partial charge in [0.05, 0.1) is 0 Å². The lowest BCUT2D eigenvalue weighted by atomic mass is 9.99. The number of nitrogens with one attached hydrogen (secondary N) is 2. The Morgan fingerprint density at radius 1 is 1.52 bits per heavy atom. The summed E-state index contributed by atoms with van der Waals surface area (Å²) in [6.07, 6.45) is 2.80. The van der Waals surface area contributed by atoms with Gasteiger partial charge in [0, 0.05) is 11.7 Å². The van der Waals surface area contributed by atoms with Gasteiger partial charge in [0.1, 0.15) is 6.04 Å². The minimum Gasteiger partial charge on any atom is -0.480 e. The molecule has 3 atom stereocenters. The molecule has 4 nitrogen and oxygen atoms in total. The molecule has 0 spiro atoms. The second kappa shape index (κ2) is 6.94. The standard InChI is InChI=1S/C17H26N2O2/c1-4-11(2)16(17(20)21)18-8-7-13-5-6-15-14(10-13)9-12(3)19-15/h5-6,10-12,16,18-19H,4,7-9H2,1-3H3,(H,20,21). The maximum Gasteiger partial charge on any atom is 0.320 e. The Kier molecular flexibility index (Phi) is 5.23. The Bertz CT molecular complexity index is 502. The van der Waals surface area contributed by atoms with E-state index in [1.54, 1.807) is 0 Å². The van der Waals surface area contributed by atoms with Crippen molar-refractivity contribution in [3.63, 3.8) is 0 Å². The lowest BCUT2D eigenvalue weighted by Gasteiger charge is -2.20. The van der Waals surface area contributed by atoms with Crippen LogP contribution in [0.4, 0.5) is 5.69 Å². The maximum atomic E-state index is 11.3. The van der Waals surface area contributed by atoms with Crippen LogP contribution in [0.5, 0.6) is 0 Å². The van der Waals surface area contributed by atoms with Gasteiger partial charge in [0.25, 0.3) is 0 Å². The van der Waals surface area contributed by atoms with Gasteiger partial charge in [0.2, 0.25) is 0 Å². The molecule has 0 aromatic heterocycles. The van der Waals surface area contributed by atoms with E-state index >= 15 is 0 Å². The van der Waals surface area contributed by atoms with Crippen molar-refractivity contribution in [2.24, 2.45) is 5.92 Å². The van der Waals surface area contributed by atoms with Crippen LogP contribution in [-0.2, 0) is 17.6 Å². The maximum absolute atomic E-state index is 11.3. The van der Waals surface area contributed by atoms with Gasteiger partial charge in [0.15, 0.2) is 0 Å². The van der Waals surface area contributed by atoms with E-state index in [-0.39, 0.29) is 5.92 Å². The average molecular weight is 290 g/mol. The largest absolute Gasteiger partial charge is 0.480 e. The highest BCUT2D eigenvalue weighted by Gasteiger charge is 2.22. The molecular formula is C17H26N2O2. The molecule has 1 aliphatic heterocycles. The predicted octanol–water partition coefficient (Wildman–Crippen LogP) is 2.67. The van der Waals surface area contributed by atoms with E-state index in [0.29, 0.717) is 12.6 Å². The van der Waals surface area contributed by atoms with Crippen LogP contribution in [0.1, 0.15) is 38.3 Å². The summed E-state index contributed by atoms with van der Waals surface area (Å²) < 4.78 is 0. The quantitative estimate of drug-likeness (QED) is 0.722. The van der Waals surface area contributed by atoms with Crippen LogP contribution >= 0.6 is 0 Å². The Hall–Kier alpha value is -1.55. The van der Waals surface area contributed by atoms with Gasteiger partial charge < -0.3 is 15.7 Å². The molecule has 1 aliphatic rings. The molecule has 3 unspecified atom stereocenters. The molecule has 21 heavy (non-hydrogen) atoms. The number of rotatable bonds is 7. The minimum atomic E-state index is -0.753. The molecule has 2 rings (SSSR count). The van der Waals surface area contributed by atoms with E-state index in [0.717, 1.165) is 19.3 Å². The summed E-state index contributed by atoms with van der Waals surface area (Å²) in [5, 5.41) is 15.9. The first-order chi connectivity index (χ1) is 10.0. The highest BCUT2D eigenvalue weighted by Crippen LogP contribution is 2.26. The van der Waals surface area contributed by atoms with Crippen molar-refractivity contribution in [1.82, 2.24) is 5.32 Å². The number of hydrogen-bond acceptors (Lipinski definition) is 3. The summed E-state index contributed by atoms with van der Waals surface area (Å²) in [7, 11) is 0. The van der Waals surface area contributed by atoms with E-state index in [2.05, 4.69) is 35.8 Å². The topological polar surface area (TPSA) is 61.4 Å². The molecule has 0 bridgehead atoms. The average Bonchev–Trinajstić information content (AvgIpc) is 2.81. The van der Waals surface area contributed by atoms with Crippen LogP contribution in [0.15, 0.2) is 18.2 Å². The molecule has 116 valence electrons. The summed E-state index contributed by atoms with van der Waals surface area (Å²) in [4.78, 5) is 11.3. The van der Waals surface area contributed by atoms with Gasteiger partial charge in [-0.15, -0.1) is 0 Å². The van der Waals surface area contributed by atoms with Crippen LogP contribution in [0.2, 0.25) is 0 Å². The van der Waals surface area contributed by atoms with E-state index in [9.17, 15) is 9.90 Å². The summed E-state index contributed by atoms with van der Waals surface area (Å²) in [5.74, 6) is -0.608. The Morgan fingerprint density at radius 2 is 2.29 bits per heavy atom. The first kappa shape index (κ1) is 15.8. The van der Waals surface area contributed by atoms with E-state index in [1.807, 2.05) is 13.8 Å². The molecule has 3 N–H and O–H groups in total. The van der Waals surface area contributed by atoms with E-state index in [4.69, 9.17) is 0 Å². The smallest absolute Gasteiger partial charge is 0.320 e. The Morgan fingerprint density at radius 3 is 2.95 bits per heavy atom. The summed E-state index contributed by atoms with van der Waals surface area (Å²) in [6.45, 7) is 6.89. The molecule has 0 radical (unpaired) electrons. The first-order valence-electron chi connectivity index (χ1n) is 7.85. The van der Waals surface area contributed by atoms with Crippen molar-refractivity contribution < 1.29 is 9.90 Å². The fourth-order valence-corrected chi connectivity index (χ4v) is 2.90. The van der Waals surface area contributed by atoms with Crippen molar-refractivity contribution in [2.75, 3.05) is 11.9 Å². The Balaban J connectivity index is 1.89. The fraction of sp³-hybridized carbons (Fsp3) is 0.588. The lowest BCUT2D eigenvalue weighted by Crippen LogP contribution is -2.42. The molecule has 0 aliphatic carbocycles. The molecule has 0 saturated heterocycles. The number of carboxylic acids is 1. The van der Waals surface area contributed by atoms with Gasteiger partial charge in [-0.25, -0.2) is 0 Å². The lowest BCUT2D eigenvalue weighted by molar-refractivity contribution is -0.140. The third-order valence-electron chi connectivity index (χ3n) is 4.35. The van der Waals surface area contributed by atoms with Crippen molar-refractivity contribution in [2.45, 2.75) is 52.1 Å². The number of carboxylic acid groups (broad SMARTS) is 1. The SMILES string of the molecule is CCC(C)C(NCCc1ccc2c(c1)CC(C)N2)C(=O)O. The van der Waals surface area contributed by atoms with Gasteiger partial charge in [-0.1, -0.05) is 32.4 Å². The highest BCUT2D eigenvalue weighted by atomic mass is 16.4. The van der Waals surface area contributed by atoms with Gasteiger partial charge in [-0.05, 0) is 49.4 Å². The molecule has 1 aromatic rings. The predicted molar refractivity (Wildman–Crippen MR) is 85.8 cm³/mol. The van der Waals surface area contributed by atoms with Crippen LogP contribution in [0, 0.1) is 5.92 Å². The highest BCUT2D eigenvalue weighted by molar-refractivity contribution is 5.73. The zero-order chi connectivity index (χ0) is 15.4. The van der Waals surface area contributed by atoms with Crippen molar-refractivity contribution in [3.8, 4) is 0 Å². The van der Waals surface area contributed by atoms with Gasteiger partial charge >= 0.3 is 5.97 Å². The first-order valence-corrected chi connectivity index (χ1v) is 7.85. The summed E-state index contributed by atoms with van der Waals surface area (Å²) >= 11 is 0. The van der Waals surface area contributed by atoms with Crippen LogP contribution in [0.25, 0.3) is 0 Å². The minimum absolute atomic E-state index is 0.146. The summed E-state index contributed by atoms with van der Waals surface area (Å²) in [5.41, 5.74) is 3.88. The van der Waals surface area contributed by atoms with Crippen LogP contribution < -0.4 is 10.6 Å². The third-order valence-corrected chi connectivity index (χ3v) is 4.35. The number of carbonyl (C=O) groups is 1. The Labute approximate surface area is 126 Å². The molecule has 0 saturated carbocycles. The van der Waals surface area contributed by atoms with Gasteiger partial charge in [-0.3, -0.25) is 4.79 Å². The fourth-order valence-electron chi connectivity index (χ4n) is 2.90. The molecular weight excluding hydrogens is 264 g/mol. The van der Waals surface area contributed by atoms with Crippen molar-refractivity contribution >= 4 is 11.7 Å². The number of fused-ring (bicyclic) bond motifs is 1. The van der Waals surface area contributed by atoms with E-state index < -0.39 is 12.0 Å². The number of anilines is 1. The zero-order valence-corrected chi connectivity index (χ0v) is 13.1. The molecule has 4 heteroatoms. The summed E-state index contributed by atoms with van der Waals surface area (Å²) in [6, 6.07) is 6.57. The molecule has 0 amide bonds. The second-order valence-electron chi connectivity index (χ2n) is 6.15. The number of aliphatic carboxylic acids is 1. The number of benzene rings is 1. The van der Waals surface area contributed by atoms with Crippen molar-refractivity contribution in [3.05, 3.63) is 29.3 Å². The van der Waals surface area contributed by atoms with Crippen LogP contribution in [-0.4, -0.2) is 29.7 Å². The molecule has 0 fully saturated rings. The monoisotopic (exact) mass is 290 g/mol. The molecule has 1 heterocycles. The second-order valence-corrected chi connectivity index (χ2v) is 6.15. The van der Waals surface area contributed by atoms with E-state index in [1.165, 1.54) is 16.8 Å². The zero-order valence-electron chi connectivity index (χ0n) is 13.1. The van der Waals surface area contributed by atoms with Gasteiger partial charge in [-0.2, -0.15) is 0 Å². The number of hydrogen-bond donors (Lipinski definition) is 3. The molecule has 1 aromatic carbocycles. The van der Waals surface area contributed by atoms with Crippen molar-refractivity contribution in [1.29, 1.82) is 0 Å². The third kappa shape index (κ3) is 3.97. The van der Waals surface area contributed by atoms with Crippen LogP contribution in [0.3, 0.4) is 0 Å².